The Labute approximate surface area is 127 Å². The molecule has 0 saturated heterocycles. The lowest BCUT2D eigenvalue weighted by atomic mass is 10.2. The van der Waals surface area contributed by atoms with E-state index >= 15 is 0 Å². The van der Waals surface area contributed by atoms with Crippen molar-refractivity contribution in [3.05, 3.63) is 22.2 Å². The molecule has 10 heteroatoms. The molecule has 0 bridgehead atoms. The molecule has 1 aliphatic heterocycles. The number of rotatable bonds is 5. The molecule has 0 saturated carbocycles. The number of carbonyl (C=O) groups is 1. The number of anilines is 1. The molecule has 0 radical (unpaired) electrons. The second kappa shape index (κ2) is 5.95. The molecule has 0 spiro atoms. The summed E-state index contributed by atoms with van der Waals surface area (Å²) in [5.41, 5.74) is 0.997. The normalized spacial score (nSPS) is 16.0. The van der Waals surface area contributed by atoms with Crippen LogP contribution in [0.25, 0.3) is 0 Å². The number of amides is 1. The van der Waals surface area contributed by atoms with E-state index in [0.717, 1.165) is 0 Å². The van der Waals surface area contributed by atoms with Gasteiger partial charge in [0.15, 0.2) is 0 Å². The number of fused-ring (bicyclic) bond motifs is 1. The van der Waals surface area contributed by atoms with Gasteiger partial charge in [0, 0.05) is 16.7 Å². The minimum atomic E-state index is -4.09. The number of alkyl halides is 2. The highest BCUT2D eigenvalue weighted by Crippen LogP contribution is 2.32. The number of aliphatic hydroxyl groups excluding tert-OH is 1. The molecule has 1 unspecified atom stereocenters. The second-order valence-corrected chi connectivity index (χ2v) is 7.01. The van der Waals surface area contributed by atoms with Crippen molar-refractivity contribution in [2.45, 2.75) is 23.8 Å². The molecular formula is C11H11BrF2N2O4S. The van der Waals surface area contributed by atoms with Crippen molar-refractivity contribution in [3.8, 4) is 0 Å². The molecule has 1 aromatic carbocycles. The SMILES string of the molecule is O=C1Cc2cc(S(=O)(=O)NCC(O)C(F)F)c(Br)cc2N1. The van der Waals surface area contributed by atoms with E-state index in [9.17, 15) is 22.0 Å². The van der Waals surface area contributed by atoms with Crippen molar-refractivity contribution in [1.29, 1.82) is 0 Å². The maximum absolute atomic E-state index is 12.2. The number of benzene rings is 1. The summed E-state index contributed by atoms with van der Waals surface area (Å²) >= 11 is 3.06. The fourth-order valence-electron chi connectivity index (χ4n) is 1.79. The summed E-state index contributed by atoms with van der Waals surface area (Å²) in [6.07, 6.45) is -5.08. The predicted octanol–water partition coefficient (Wildman–Crippen LogP) is 0.848. The summed E-state index contributed by atoms with van der Waals surface area (Å²) in [6.45, 7) is -0.805. The van der Waals surface area contributed by atoms with E-state index in [2.05, 4.69) is 21.2 Å². The molecule has 1 aliphatic rings. The summed E-state index contributed by atoms with van der Waals surface area (Å²) < 4.78 is 50.5. The van der Waals surface area contributed by atoms with Crippen LogP contribution in [0.5, 0.6) is 0 Å². The van der Waals surface area contributed by atoms with Gasteiger partial charge >= 0.3 is 0 Å². The first-order valence-electron chi connectivity index (χ1n) is 5.79. The number of nitrogens with one attached hydrogen (secondary N) is 2. The number of hydrogen-bond donors (Lipinski definition) is 3. The van der Waals surface area contributed by atoms with Gasteiger partial charge in [-0.3, -0.25) is 4.79 Å². The van der Waals surface area contributed by atoms with Crippen molar-refractivity contribution in [2.75, 3.05) is 11.9 Å². The van der Waals surface area contributed by atoms with Gasteiger partial charge in [-0.25, -0.2) is 21.9 Å². The smallest absolute Gasteiger partial charge is 0.265 e. The Morgan fingerprint density at radius 3 is 2.71 bits per heavy atom. The zero-order valence-corrected chi connectivity index (χ0v) is 12.8. The third-order valence-corrected chi connectivity index (χ3v) is 5.23. The maximum Gasteiger partial charge on any atom is 0.265 e. The minimum Gasteiger partial charge on any atom is -0.386 e. The van der Waals surface area contributed by atoms with Gasteiger partial charge in [0.1, 0.15) is 6.10 Å². The van der Waals surface area contributed by atoms with Gasteiger partial charge in [-0.05, 0) is 33.6 Å². The van der Waals surface area contributed by atoms with Gasteiger partial charge in [-0.1, -0.05) is 0 Å². The average molecular weight is 385 g/mol. The summed E-state index contributed by atoms with van der Waals surface area (Å²) in [5.74, 6) is -0.257. The number of carbonyl (C=O) groups excluding carboxylic acids is 1. The quantitative estimate of drug-likeness (QED) is 0.701. The molecule has 21 heavy (non-hydrogen) atoms. The van der Waals surface area contributed by atoms with Crippen molar-refractivity contribution in [3.63, 3.8) is 0 Å². The molecule has 116 valence electrons. The number of aliphatic hydroxyl groups is 1. The minimum absolute atomic E-state index is 0.0464. The van der Waals surface area contributed by atoms with Crippen LogP contribution in [0, 0.1) is 0 Å². The first kappa shape index (κ1) is 16.3. The lowest BCUT2D eigenvalue weighted by Crippen LogP contribution is -2.36. The largest absolute Gasteiger partial charge is 0.386 e. The van der Waals surface area contributed by atoms with Crippen LogP contribution in [0.1, 0.15) is 5.56 Å². The number of hydrogen-bond acceptors (Lipinski definition) is 4. The Morgan fingerprint density at radius 1 is 1.43 bits per heavy atom. The van der Waals surface area contributed by atoms with Crippen LogP contribution < -0.4 is 10.0 Å². The van der Waals surface area contributed by atoms with Crippen molar-refractivity contribution < 1.29 is 27.1 Å². The molecule has 2 rings (SSSR count). The molecule has 3 N–H and O–H groups in total. The second-order valence-electron chi connectivity index (χ2n) is 4.42. The monoisotopic (exact) mass is 384 g/mol. The Kier molecular flexibility index (Phi) is 4.61. The topological polar surface area (TPSA) is 95.5 Å². The van der Waals surface area contributed by atoms with Crippen LogP contribution in [0.3, 0.4) is 0 Å². The van der Waals surface area contributed by atoms with Gasteiger partial charge in [0.2, 0.25) is 15.9 Å². The molecular weight excluding hydrogens is 374 g/mol. The number of halogens is 3. The fraction of sp³-hybridized carbons (Fsp3) is 0.364. The zero-order valence-electron chi connectivity index (χ0n) is 10.4. The maximum atomic E-state index is 12.2. The summed E-state index contributed by atoms with van der Waals surface area (Å²) in [6, 6.07) is 2.72. The van der Waals surface area contributed by atoms with Crippen LogP contribution in [-0.2, 0) is 21.2 Å². The van der Waals surface area contributed by atoms with Gasteiger partial charge < -0.3 is 10.4 Å². The van der Waals surface area contributed by atoms with Crippen LogP contribution in [0.15, 0.2) is 21.5 Å². The van der Waals surface area contributed by atoms with E-state index in [1.807, 2.05) is 4.72 Å². The van der Waals surface area contributed by atoms with E-state index in [1.54, 1.807) is 0 Å². The predicted molar refractivity (Wildman–Crippen MR) is 73.7 cm³/mol. The van der Waals surface area contributed by atoms with Crippen molar-refractivity contribution >= 4 is 37.5 Å². The van der Waals surface area contributed by atoms with Gasteiger partial charge in [0.25, 0.3) is 6.43 Å². The van der Waals surface area contributed by atoms with E-state index in [-0.39, 0.29) is 21.7 Å². The highest BCUT2D eigenvalue weighted by atomic mass is 79.9. The standard InChI is InChI=1S/C11H11BrF2N2O4S/c12-6-3-7-5(2-10(18)16-7)1-9(6)21(19,20)15-4-8(17)11(13)14/h1,3,8,11,15,17H,2,4H2,(H,16,18). The summed E-state index contributed by atoms with van der Waals surface area (Å²) in [7, 11) is -4.09. The Hall–Kier alpha value is -1.10. The lowest BCUT2D eigenvalue weighted by molar-refractivity contribution is -0.115. The third kappa shape index (κ3) is 3.57. The van der Waals surface area contributed by atoms with E-state index in [0.29, 0.717) is 11.3 Å². The highest BCUT2D eigenvalue weighted by molar-refractivity contribution is 9.10. The van der Waals surface area contributed by atoms with Crippen molar-refractivity contribution in [2.24, 2.45) is 0 Å². The Balaban J connectivity index is 2.25. The van der Waals surface area contributed by atoms with E-state index < -0.39 is 29.1 Å². The molecule has 0 aromatic heterocycles. The van der Waals surface area contributed by atoms with Gasteiger partial charge in [-0.15, -0.1) is 0 Å². The molecule has 1 atom stereocenters. The summed E-state index contributed by atoms with van der Waals surface area (Å²) in [4.78, 5) is 11.1. The molecule has 1 aromatic rings. The fourth-order valence-corrected chi connectivity index (χ4v) is 3.93. The average Bonchev–Trinajstić information content (AvgIpc) is 2.73. The number of sulfonamides is 1. The highest BCUT2D eigenvalue weighted by Gasteiger charge is 2.26. The molecule has 1 amide bonds. The van der Waals surface area contributed by atoms with Crippen LogP contribution in [0.2, 0.25) is 0 Å². The Bertz CT molecular complexity index is 681. The van der Waals surface area contributed by atoms with Crippen LogP contribution in [-0.4, -0.2) is 38.5 Å². The molecule has 1 heterocycles. The van der Waals surface area contributed by atoms with Crippen molar-refractivity contribution in [1.82, 2.24) is 4.72 Å². The van der Waals surface area contributed by atoms with Gasteiger partial charge in [0.05, 0.1) is 11.3 Å². The molecule has 0 aliphatic carbocycles. The Morgan fingerprint density at radius 2 is 2.10 bits per heavy atom. The summed E-state index contributed by atoms with van der Waals surface area (Å²) in [5, 5.41) is 11.5. The molecule has 6 nitrogen and oxygen atoms in total. The zero-order chi connectivity index (χ0) is 15.8. The van der Waals surface area contributed by atoms with Crippen LogP contribution in [0.4, 0.5) is 14.5 Å². The third-order valence-electron chi connectivity index (χ3n) is 2.85. The van der Waals surface area contributed by atoms with E-state index in [4.69, 9.17) is 5.11 Å². The first-order valence-corrected chi connectivity index (χ1v) is 8.06. The lowest BCUT2D eigenvalue weighted by Gasteiger charge is -2.13. The molecule has 0 fully saturated rings. The first-order chi connectivity index (χ1) is 9.70. The van der Waals surface area contributed by atoms with Crippen LogP contribution >= 0.6 is 15.9 Å². The van der Waals surface area contributed by atoms with Gasteiger partial charge in [-0.2, -0.15) is 0 Å². The van der Waals surface area contributed by atoms with E-state index in [1.165, 1.54) is 12.1 Å².